The van der Waals surface area contributed by atoms with Gasteiger partial charge in [0.25, 0.3) is 0 Å². The van der Waals surface area contributed by atoms with Crippen molar-refractivity contribution in [1.29, 1.82) is 0 Å². The number of hydrogen-bond donors (Lipinski definition) is 0. The van der Waals surface area contributed by atoms with Crippen LogP contribution in [0, 0.1) is 0 Å². The van der Waals surface area contributed by atoms with Gasteiger partial charge in [0, 0.05) is 0 Å². The Hall–Kier alpha value is -0.370. The predicted octanol–water partition coefficient (Wildman–Crippen LogP) is 0.364. The van der Waals surface area contributed by atoms with Crippen molar-refractivity contribution < 1.29 is 9.53 Å². The molecular formula is C5H8O2. The Kier molecular flexibility index (Phi) is 0.729. The number of ketones is 1. The zero-order valence-electron chi connectivity index (χ0n) is 4.52. The second-order valence-electron chi connectivity index (χ2n) is 2.08. The van der Waals surface area contributed by atoms with Crippen LogP contribution >= 0.6 is 0 Å². The van der Waals surface area contributed by atoms with E-state index in [-0.39, 0.29) is 11.4 Å². The standard InChI is InChI=1S/C5H8O2/c1-4(6)5(2)3-7-5/h3H2,1-2H3/t5-/m0/s1. The first kappa shape index (κ1) is 4.78. The molecule has 1 aliphatic heterocycles. The largest absolute Gasteiger partial charge is 0.362 e. The van der Waals surface area contributed by atoms with Crippen LogP contribution in [0.1, 0.15) is 13.8 Å². The molecule has 0 aromatic carbocycles. The van der Waals surface area contributed by atoms with E-state index >= 15 is 0 Å². The molecule has 1 rings (SSSR count). The van der Waals surface area contributed by atoms with Crippen LogP contribution in [0.5, 0.6) is 0 Å². The first-order valence-electron chi connectivity index (χ1n) is 2.30. The van der Waals surface area contributed by atoms with E-state index in [1.54, 1.807) is 13.8 Å². The highest BCUT2D eigenvalue weighted by molar-refractivity contribution is 5.86. The number of carbonyl (C=O) groups excluding carboxylic acids is 1. The first-order chi connectivity index (χ1) is 3.15. The molecule has 40 valence electrons. The Morgan fingerprint density at radius 2 is 2.29 bits per heavy atom. The Labute approximate surface area is 42.5 Å². The molecule has 1 heterocycles. The molecule has 2 nitrogen and oxygen atoms in total. The summed E-state index contributed by atoms with van der Waals surface area (Å²) in [5.74, 6) is 0.132. The van der Waals surface area contributed by atoms with E-state index < -0.39 is 0 Å². The fraction of sp³-hybridized carbons (Fsp3) is 0.800. The van der Waals surface area contributed by atoms with Crippen LogP contribution in [0.15, 0.2) is 0 Å². The normalized spacial score (nSPS) is 38.0. The van der Waals surface area contributed by atoms with E-state index in [9.17, 15) is 4.79 Å². The first-order valence-corrected chi connectivity index (χ1v) is 2.30. The number of epoxide rings is 1. The molecule has 0 spiro atoms. The second kappa shape index (κ2) is 1.07. The topological polar surface area (TPSA) is 29.6 Å². The lowest BCUT2D eigenvalue weighted by Gasteiger charge is -1.92. The zero-order valence-corrected chi connectivity index (χ0v) is 4.52. The Balaban J connectivity index is 2.55. The van der Waals surface area contributed by atoms with E-state index in [1.807, 2.05) is 0 Å². The van der Waals surface area contributed by atoms with E-state index in [2.05, 4.69) is 0 Å². The second-order valence-corrected chi connectivity index (χ2v) is 2.08. The lowest BCUT2D eigenvalue weighted by atomic mass is 10.1. The molecule has 2 heteroatoms. The van der Waals surface area contributed by atoms with Crippen molar-refractivity contribution in [2.75, 3.05) is 6.61 Å². The summed E-state index contributed by atoms with van der Waals surface area (Å²) in [6.45, 7) is 3.96. The molecule has 0 aliphatic carbocycles. The van der Waals surface area contributed by atoms with Crippen molar-refractivity contribution in [2.45, 2.75) is 19.4 Å². The van der Waals surface area contributed by atoms with Crippen molar-refractivity contribution in [1.82, 2.24) is 0 Å². The maximum atomic E-state index is 10.4. The van der Waals surface area contributed by atoms with Crippen LogP contribution in [0.3, 0.4) is 0 Å². The lowest BCUT2D eigenvalue weighted by molar-refractivity contribution is -0.121. The van der Waals surface area contributed by atoms with Gasteiger partial charge in [0.05, 0.1) is 6.61 Å². The fourth-order valence-electron chi connectivity index (χ4n) is 0.312. The highest BCUT2D eigenvalue weighted by atomic mass is 16.6. The summed E-state index contributed by atoms with van der Waals surface area (Å²) in [5, 5.41) is 0. The molecule has 0 bridgehead atoms. The summed E-state index contributed by atoms with van der Waals surface area (Å²) in [6.07, 6.45) is 0. The molecule has 7 heavy (non-hydrogen) atoms. The molecule has 0 aromatic heterocycles. The molecule has 0 N–H and O–H groups in total. The number of Topliss-reactive ketones (excluding diaryl/α,β-unsaturated/α-hetero) is 1. The highest BCUT2D eigenvalue weighted by Gasteiger charge is 2.44. The van der Waals surface area contributed by atoms with Crippen molar-refractivity contribution >= 4 is 5.78 Å². The van der Waals surface area contributed by atoms with Gasteiger partial charge in [-0.05, 0) is 13.8 Å². The number of ether oxygens (including phenoxy) is 1. The molecule has 1 saturated heterocycles. The van der Waals surface area contributed by atoms with Gasteiger partial charge in [-0.15, -0.1) is 0 Å². The summed E-state index contributed by atoms with van der Waals surface area (Å²) in [5.41, 5.74) is -0.389. The smallest absolute Gasteiger partial charge is 0.163 e. The molecule has 0 amide bonds. The van der Waals surface area contributed by atoms with Gasteiger partial charge in [0.2, 0.25) is 0 Å². The van der Waals surface area contributed by atoms with Crippen LogP contribution in [0.25, 0.3) is 0 Å². The number of carbonyl (C=O) groups is 1. The Bertz CT molecular complexity index is 103. The molecular weight excluding hydrogens is 92.1 g/mol. The van der Waals surface area contributed by atoms with Gasteiger partial charge in [-0.2, -0.15) is 0 Å². The molecule has 0 aromatic rings. The van der Waals surface area contributed by atoms with Crippen molar-refractivity contribution in [3.8, 4) is 0 Å². The third-order valence-corrected chi connectivity index (χ3v) is 1.32. The van der Waals surface area contributed by atoms with Crippen molar-refractivity contribution in [2.24, 2.45) is 0 Å². The van der Waals surface area contributed by atoms with Crippen LogP contribution in [0.4, 0.5) is 0 Å². The van der Waals surface area contributed by atoms with Crippen LogP contribution < -0.4 is 0 Å². The summed E-state index contributed by atoms with van der Waals surface area (Å²) in [4.78, 5) is 10.4. The minimum Gasteiger partial charge on any atom is -0.362 e. The van der Waals surface area contributed by atoms with Gasteiger partial charge < -0.3 is 4.74 Å². The quantitative estimate of drug-likeness (QED) is 0.445. The monoisotopic (exact) mass is 100 g/mol. The van der Waals surface area contributed by atoms with Crippen LogP contribution in [-0.2, 0) is 9.53 Å². The third kappa shape index (κ3) is 0.657. The van der Waals surface area contributed by atoms with Crippen LogP contribution in [0.2, 0.25) is 0 Å². The fourth-order valence-corrected chi connectivity index (χ4v) is 0.312. The van der Waals surface area contributed by atoms with E-state index in [0.29, 0.717) is 6.61 Å². The van der Waals surface area contributed by atoms with Gasteiger partial charge >= 0.3 is 0 Å². The van der Waals surface area contributed by atoms with E-state index in [4.69, 9.17) is 4.74 Å². The summed E-state index contributed by atoms with van der Waals surface area (Å²) in [7, 11) is 0. The molecule has 1 atom stereocenters. The van der Waals surface area contributed by atoms with Gasteiger partial charge in [-0.3, -0.25) is 4.79 Å². The lowest BCUT2D eigenvalue weighted by Crippen LogP contribution is -2.15. The molecule has 0 saturated carbocycles. The highest BCUT2D eigenvalue weighted by Crippen LogP contribution is 2.25. The minimum absolute atomic E-state index is 0.132. The zero-order chi connectivity index (χ0) is 5.49. The van der Waals surface area contributed by atoms with Crippen LogP contribution in [-0.4, -0.2) is 18.0 Å². The molecule has 1 aliphatic rings. The molecule has 0 radical (unpaired) electrons. The van der Waals surface area contributed by atoms with Crippen molar-refractivity contribution in [3.63, 3.8) is 0 Å². The average molecular weight is 100 g/mol. The van der Waals surface area contributed by atoms with Gasteiger partial charge in [-0.1, -0.05) is 0 Å². The average Bonchev–Trinajstić information content (AvgIpc) is 2.21. The van der Waals surface area contributed by atoms with E-state index in [0.717, 1.165) is 0 Å². The summed E-state index contributed by atoms with van der Waals surface area (Å²) < 4.78 is 4.81. The van der Waals surface area contributed by atoms with Gasteiger partial charge in [0.1, 0.15) is 5.60 Å². The number of rotatable bonds is 1. The SMILES string of the molecule is CC(=O)[C@]1(C)CO1. The van der Waals surface area contributed by atoms with Crippen molar-refractivity contribution in [3.05, 3.63) is 0 Å². The molecule has 1 fully saturated rings. The Morgan fingerprint density at radius 3 is 2.29 bits per heavy atom. The van der Waals surface area contributed by atoms with Gasteiger partial charge in [0.15, 0.2) is 5.78 Å². The summed E-state index contributed by atoms with van der Waals surface area (Å²) in [6, 6.07) is 0. The Morgan fingerprint density at radius 1 is 1.86 bits per heavy atom. The maximum Gasteiger partial charge on any atom is 0.163 e. The van der Waals surface area contributed by atoms with Gasteiger partial charge in [-0.25, -0.2) is 0 Å². The summed E-state index contributed by atoms with van der Waals surface area (Å²) >= 11 is 0. The predicted molar refractivity (Wildman–Crippen MR) is 25.0 cm³/mol. The minimum atomic E-state index is -0.389. The number of hydrogen-bond acceptors (Lipinski definition) is 2. The van der Waals surface area contributed by atoms with E-state index in [1.165, 1.54) is 0 Å². The maximum absolute atomic E-state index is 10.4. The molecule has 0 unspecified atom stereocenters. The third-order valence-electron chi connectivity index (χ3n) is 1.32.